The summed E-state index contributed by atoms with van der Waals surface area (Å²) in [5.41, 5.74) is 0.470. The molecular weight excluding hydrogens is 354 g/mol. The van der Waals surface area contributed by atoms with Gasteiger partial charge in [0.15, 0.2) is 6.10 Å². The van der Waals surface area contributed by atoms with Crippen LogP contribution in [-0.2, 0) is 9.53 Å². The van der Waals surface area contributed by atoms with Crippen molar-refractivity contribution in [3.8, 4) is 10.8 Å². The second-order valence-electron chi connectivity index (χ2n) is 5.56. The van der Waals surface area contributed by atoms with Gasteiger partial charge in [-0.1, -0.05) is 24.3 Å². The van der Waals surface area contributed by atoms with Crippen LogP contribution in [0.5, 0.6) is 0 Å². The predicted octanol–water partition coefficient (Wildman–Crippen LogP) is 3.22. The Morgan fingerprint density at radius 3 is 2.58 bits per heavy atom. The maximum absolute atomic E-state index is 12.2. The van der Waals surface area contributed by atoms with E-state index in [1.54, 1.807) is 38.1 Å². The largest absolute Gasteiger partial charge is 0.451 e. The standard InChI is InChI=1S/C18H17N3O4S/c1-11(19-15(22)13-7-4-3-5-8-13)18(23)24-12(2)16-20-21-17(25-16)14-9-6-10-26-14/h3-12H,1-2H3,(H,19,22)/t11-,12?/m0/s1. The van der Waals surface area contributed by atoms with Crippen LogP contribution >= 0.6 is 11.3 Å². The van der Waals surface area contributed by atoms with E-state index in [1.807, 2.05) is 23.6 Å². The van der Waals surface area contributed by atoms with Gasteiger partial charge in [0.1, 0.15) is 6.04 Å². The number of nitrogens with one attached hydrogen (secondary N) is 1. The van der Waals surface area contributed by atoms with Crippen LogP contribution in [0.2, 0.25) is 0 Å². The average molecular weight is 371 g/mol. The molecule has 0 radical (unpaired) electrons. The van der Waals surface area contributed by atoms with Gasteiger partial charge in [0.2, 0.25) is 0 Å². The van der Waals surface area contributed by atoms with Crippen molar-refractivity contribution >= 4 is 23.2 Å². The third-order valence-corrected chi connectivity index (χ3v) is 4.41. The van der Waals surface area contributed by atoms with Gasteiger partial charge in [0, 0.05) is 5.56 Å². The molecule has 3 rings (SSSR count). The Morgan fingerprint density at radius 2 is 1.88 bits per heavy atom. The van der Waals surface area contributed by atoms with Crippen LogP contribution in [0.15, 0.2) is 52.3 Å². The summed E-state index contributed by atoms with van der Waals surface area (Å²) in [7, 11) is 0. The summed E-state index contributed by atoms with van der Waals surface area (Å²) in [6, 6.07) is 11.6. The van der Waals surface area contributed by atoms with Crippen LogP contribution in [0.1, 0.15) is 36.2 Å². The summed E-state index contributed by atoms with van der Waals surface area (Å²) >= 11 is 1.47. The molecule has 0 aliphatic heterocycles. The lowest BCUT2D eigenvalue weighted by atomic mass is 10.2. The van der Waals surface area contributed by atoms with Crippen LogP contribution in [0.3, 0.4) is 0 Å². The van der Waals surface area contributed by atoms with Crippen molar-refractivity contribution < 1.29 is 18.7 Å². The van der Waals surface area contributed by atoms with Crippen LogP contribution in [0, 0.1) is 0 Å². The highest BCUT2D eigenvalue weighted by molar-refractivity contribution is 7.13. The van der Waals surface area contributed by atoms with Gasteiger partial charge in [0.05, 0.1) is 4.88 Å². The molecule has 7 nitrogen and oxygen atoms in total. The third kappa shape index (κ3) is 4.15. The van der Waals surface area contributed by atoms with Gasteiger partial charge in [-0.3, -0.25) is 4.79 Å². The molecule has 1 amide bonds. The second-order valence-corrected chi connectivity index (χ2v) is 6.51. The van der Waals surface area contributed by atoms with E-state index in [4.69, 9.17) is 9.15 Å². The monoisotopic (exact) mass is 371 g/mol. The first-order chi connectivity index (χ1) is 12.5. The minimum absolute atomic E-state index is 0.198. The summed E-state index contributed by atoms with van der Waals surface area (Å²) in [5, 5.41) is 12.4. The lowest BCUT2D eigenvalue weighted by Gasteiger charge is -2.15. The van der Waals surface area contributed by atoms with E-state index in [1.165, 1.54) is 11.3 Å². The van der Waals surface area contributed by atoms with E-state index in [0.29, 0.717) is 11.5 Å². The normalized spacial score (nSPS) is 13.0. The molecule has 2 aromatic heterocycles. The third-order valence-electron chi connectivity index (χ3n) is 3.55. The molecule has 134 valence electrons. The summed E-state index contributed by atoms with van der Waals surface area (Å²) < 4.78 is 10.9. The molecule has 8 heteroatoms. The number of benzene rings is 1. The number of amides is 1. The number of ether oxygens (including phenoxy) is 1. The van der Waals surface area contributed by atoms with E-state index < -0.39 is 18.1 Å². The number of aromatic nitrogens is 2. The number of carbonyl (C=O) groups excluding carboxylic acids is 2. The maximum atomic E-state index is 12.2. The summed E-state index contributed by atoms with van der Waals surface area (Å²) in [5.74, 6) is -0.357. The Balaban J connectivity index is 1.57. The number of nitrogens with zero attached hydrogens (tertiary/aromatic N) is 2. The van der Waals surface area contributed by atoms with Crippen molar-refractivity contribution in [3.05, 3.63) is 59.3 Å². The molecular formula is C18H17N3O4S. The topological polar surface area (TPSA) is 94.3 Å². The molecule has 3 aromatic rings. The van der Waals surface area contributed by atoms with Crippen molar-refractivity contribution in [2.75, 3.05) is 0 Å². The molecule has 0 saturated heterocycles. The fraction of sp³-hybridized carbons (Fsp3) is 0.222. The second kappa shape index (κ2) is 7.92. The molecule has 0 fully saturated rings. The lowest BCUT2D eigenvalue weighted by molar-refractivity contribution is -0.151. The van der Waals surface area contributed by atoms with Gasteiger partial charge in [-0.2, -0.15) is 0 Å². The fourth-order valence-electron chi connectivity index (χ4n) is 2.15. The average Bonchev–Trinajstić information content (AvgIpc) is 3.33. The van der Waals surface area contributed by atoms with Crippen molar-refractivity contribution in [3.63, 3.8) is 0 Å². The predicted molar refractivity (Wildman–Crippen MR) is 95.5 cm³/mol. The Labute approximate surface area is 154 Å². The van der Waals surface area contributed by atoms with Crippen LogP contribution in [0.25, 0.3) is 10.8 Å². The molecule has 0 spiro atoms. The number of hydrogen-bond donors (Lipinski definition) is 1. The maximum Gasteiger partial charge on any atom is 0.329 e. The number of carbonyl (C=O) groups is 2. The molecule has 2 heterocycles. The molecule has 0 aliphatic carbocycles. The zero-order valence-electron chi connectivity index (χ0n) is 14.2. The molecule has 1 aromatic carbocycles. The molecule has 1 unspecified atom stereocenters. The van der Waals surface area contributed by atoms with Crippen molar-refractivity contribution in [2.45, 2.75) is 26.0 Å². The SMILES string of the molecule is CC(OC(=O)[C@H](C)NC(=O)c1ccccc1)c1nnc(-c2cccs2)o1. The van der Waals surface area contributed by atoms with Gasteiger partial charge in [-0.25, -0.2) is 4.79 Å². The van der Waals surface area contributed by atoms with Gasteiger partial charge in [-0.05, 0) is 37.4 Å². The van der Waals surface area contributed by atoms with Gasteiger partial charge < -0.3 is 14.5 Å². The minimum atomic E-state index is -0.815. The van der Waals surface area contributed by atoms with E-state index in [0.717, 1.165) is 4.88 Å². The fourth-order valence-corrected chi connectivity index (χ4v) is 2.80. The van der Waals surface area contributed by atoms with Gasteiger partial charge in [-0.15, -0.1) is 21.5 Å². The Bertz CT molecular complexity index is 877. The van der Waals surface area contributed by atoms with Crippen molar-refractivity contribution in [2.24, 2.45) is 0 Å². The van der Waals surface area contributed by atoms with E-state index >= 15 is 0 Å². The molecule has 0 bridgehead atoms. The van der Waals surface area contributed by atoms with Crippen molar-refractivity contribution in [1.29, 1.82) is 0 Å². The number of hydrogen-bond acceptors (Lipinski definition) is 7. The quantitative estimate of drug-likeness (QED) is 0.669. The molecule has 26 heavy (non-hydrogen) atoms. The highest BCUT2D eigenvalue weighted by Gasteiger charge is 2.24. The van der Waals surface area contributed by atoms with Gasteiger partial charge in [0.25, 0.3) is 17.7 Å². The van der Waals surface area contributed by atoms with Crippen LogP contribution < -0.4 is 5.32 Å². The number of esters is 1. The first-order valence-corrected chi connectivity index (χ1v) is 8.86. The minimum Gasteiger partial charge on any atom is -0.451 e. The van der Waals surface area contributed by atoms with Crippen molar-refractivity contribution in [1.82, 2.24) is 15.5 Å². The Kier molecular flexibility index (Phi) is 5.43. The highest BCUT2D eigenvalue weighted by atomic mass is 32.1. The lowest BCUT2D eigenvalue weighted by Crippen LogP contribution is -2.39. The van der Waals surface area contributed by atoms with E-state index in [2.05, 4.69) is 15.5 Å². The zero-order valence-corrected chi connectivity index (χ0v) is 15.0. The van der Waals surface area contributed by atoms with Gasteiger partial charge >= 0.3 is 5.97 Å². The molecule has 2 atom stereocenters. The first kappa shape index (κ1) is 17.8. The summed E-state index contributed by atoms with van der Waals surface area (Å²) in [4.78, 5) is 25.1. The van der Waals surface area contributed by atoms with Crippen LogP contribution in [-0.4, -0.2) is 28.1 Å². The van der Waals surface area contributed by atoms with E-state index in [-0.39, 0.29) is 11.8 Å². The molecule has 1 N–H and O–H groups in total. The smallest absolute Gasteiger partial charge is 0.329 e. The zero-order chi connectivity index (χ0) is 18.5. The highest BCUT2D eigenvalue weighted by Crippen LogP contribution is 2.25. The summed E-state index contributed by atoms with van der Waals surface area (Å²) in [6.07, 6.45) is -0.722. The molecule has 0 aliphatic rings. The Hall–Kier alpha value is -3.00. The molecule has 0 saturated carbocycles. The van der Waals surface area contributed by atoms with Crippen LogP contribution in [0.4, 0.5) is 0 Å². The first-order valence-electron chi connectivity index (χ1n) is 7.98. The number of thiophene rings is 1. The Morgan fingerprint density at radius 1 is 1.12 bits per heavy atom. The van der Waals surface area contributed by atoms with E-state index in [9.17, 15) is 9.59 Å². The number of rotatable bonds is 6. The summed E-state index contributed by atoms with van der Waals surface area (Å²) in [6.45, 7) is 3.19.